The largest absolute Gasteiger partial charge is 0.464 e. The number of rotatable bonds is 44. The average Bonchev–Trinajstić information content (AvgIpc) is 3.31. The lowest BCUT2D eigenvalue weighted by molar-refractivity contribution is -0.149. The van der Waals surface area contributed by atoms with Gasteiger partial charge in [-0.1, -0.05) is 191 Å². The number of unbranched alkanes of at least 4 members (excludes halogenated alkanes) is 16. The molecule has 0 aliphatic carbocycles. The van der Waals surface area contributed by atoms with Crippen LogP contribution in [0.5, 0.6) is 0 Å². The molecule has 0 spiro atoms. The molecule has 0 aromatic heterocycles. The maximum absolute atomic E-state index is 13.4. The van der Waals surface area contributed by atoms with Gasteiger partial charge >= 0.3 is 24.1 Å². The van der Waals surface area contributed by atoms with Crippen molar-refractivity contribution in [1.29, 1.82) is 0 Å². The number of ether oxygens (including phenoxy) is 4. The molecular formula is C52H99N3O8S2. The number of carbonyl (C=O) groups excluding carboxylic acids is 4. The minimum Gasteiger partial charge on any atom is -0.464 e. The first-order valence-electron chi connectivity index (χ1n) is 26.9. The summed E-state index contributed by atoms with van der Waals surface area (Å²) in [5, 5.41) is 2.88. The van der Waals surface area contributed by atoms with Crippen LogP contribution in [-0.4, -0.2) is 111 Å². The number of nitrogens with one attached hydrogen (secondary N) is 1. The predicted octanol–water partition coefficient (Wildman–Crippen LogP) is 13.9. The van der Waals surface area contributed by atoms with E-state index < -0.39 is 6.09 Å². The molecule has 65 heavy (non-hydrogen) atoms. The number of carbonyl (C=O) groups is 4. The summed E-state index contributed by atoms with van der Waals surface area (Å²) >= 11 is 0. The molecule has 13 heteroatoms. The second-order valence-corrected chi connectivity index (χ2v) is 21.0. The van der Waals surface area contributed by atoms with Gasteiger partial charge in [-0.15, -0.1) is 0 Å². The maximum Gasteiger partial charge on any atom is 0.410 e. The van der Waals surface area contributed by atoms with Crippen LogP contribution < -0.4 is 5.32 Å². The summed E-state index contributed by atoms with van der Waals surface area (Å²) in [6.07, 6.45) is 31.5. The zero-order chi connectivity index (χ0) is 47.4. The van der Waals surface area contributed by atoms with Crippen molar-refractivity contribution in [2.24, 2.45) is 11.8 Å². The van der Waals surface area contributed by atoms with E-state index in [4.69, 9.17) is 18.9 Å². The Morgan fingerprint density at radius 3 is 1.48 bits per heavy atom. The summed E-state index contributed by atoms with van der Waals surface area (Å²) in [6, 6.07) is 0.671. The highest BCUT2D eigenvalue weighted by atomic mass is 33.1. The van der Waals surface area contributed by atoms with E-state index in [-0.39, 0.29) is 62.8 Å². The van der Waals surface area contributed by atoms with E-state index in [1.807, 2.05) is 0 Å². The quantitative estimate of drug-likeness (QED) is 0.0272. The van der Waals surface area contributed by atoms with Crippen molar-refractivity contribution in [3.05, 3.63) is 0 Å². The molecular weight excluding hydrogens is 859 g/mol. The molecule has 2 amide bonds. The number of nitrogens with zero attached hydrogens (tertiary/aromatic N) is 2. The normalized spacial score (nSPS) is 15.0. The Kier molecular flexibility index (Phi) is 42.0. The second-order valence-electron chi connectivity index (χ2n) is 18.3. The molecule has 0 aromatic rings. The lowest BCUT2D eigenvalue weighted by atomic mass is 9.94. The van der Waals surface area contributed by atoms with E-state index in [9.17, 15) is 19.2 Å². The van der Waals surface area contributed by atoms with E-state index in [1.54, 1.807) is 21.6 Å². The number of piperidine rings is 1. The Morgan fingerprint density at radius 1 is 0.554 bits per heavy atom. The van der Waals surface area contributed by atoms with Gasteiger partial charge in [-0.3, -0.25) is 9.59 Å². The standard InChI is InChI=1S/C52H99N3O8S2/c1-6-11-15-19-21-25-32-46(30-23-17-13-8-3)49(56)60-40-38-55(39-41-61-50(57)47(31-24-18-14-9-4)33-26-22-20-16-12-7-2)52(59)63-43-45-65-64-44-42-62-51(58)53-35-29-37-54-36-28-27-34-48(54)10-5/h46-48H,6-45H2,1-5H3,(H,53,58). The van der Waals surface area contributed by atoms with Crippen LogP contribution in [0.3, 0.4) is 0 Å². The number of hydrogen-bond acceptors (Lipinski definition) is 11. The van der Waals surface area contributed by atoms with Crippen LogP contribution in [0.25, 0.3) is 0 Å². The molecule has 1 heterocycles. The molecule has 3 unspecified atom stereocenters. The van der Waals surface area contributed by atoms with Crippen molar-refractivity contribution in [3.63, 3.8) is 0 Å². The van der Waals surface area contributed by atoms with Gasteiger partial charge in [-0.25, -0.2) is 9.59 Å². The highest BCUT2D eigenvalue weighted by Gasteiger charge is 2.24. The maximum atomic E-state index is 13.4. The fourth-order valence-corrected chi connectivity index (χ4v) is 10.3. The zero-order valence-corrected chi connectivity index (χ0v) is 44.1. The van der Waals surface area contributed by atoms with Gasteiger partial charge in [0.15, 0.2) is 0 Å². The van der Waals surface area contributed by atoms with Gasteiger partial charge in [-0.2, -0.15) is 0 Å². The lowest BCUT2D eigenvalue weighted by Crippen LogP contribution is -2.40. The third-order valence-corrected chi connectivity index (χ3v) is 15.1. The number of likely N-dealkylation sites (tertiary alicyclic amines) is 1. The minimum absolute atomic E-state index is 0.0673. The molecule has 0 bridgehead atoms. The number of amides is 2. The molecule has 0 saturated carbocycles. The third kappa shape index (κ3) is 34.1. The Balaban J connectivity index is 2.67. The highest BCUT2D eigenvalue weighted by Crippen LogP contribution is 2.24. The van der Waals surface area contributed by atoms with Crippen molar-refractivity contribution in [3.8, 4) is 0 Å². The van der Waals surface area contributed by atoms with Crippen LogP contribution in [0.15, 0.2) is 0 Å². The molecule has 1 saturated heterocycles. The van der Waals surface area contributed by atoms with Gasteiger partial charge in [0.2, 0.25) is 0 Å². The van der Waals surface area contributed by atoms with Crippen molar-refractivity contribution < 1.29 is 38.1 Å². The highest BCUT2D eigenvalue weighted by molar-refractivity contribution is 8.76. The van der Waals surface area contributed by atoms with Gasteiger partial charge in [0.1, 0.15) is 26.4 Å². The lowest BCUT2D eigenvalue weighted by Gasteiger charge is -2.35. The summed E-state index contributed by atoms with van der Waals surface area (Å²) in [5.41, 5.74) is 0. The van der Waals surface area contributed by atoms with Gasteiger partial charge in [0.05, 0.1) is 24.9 Å². The van der Waals surface area contributed by atoms with Crippen molar-refractivity contribution in [1.82, 2.24) is 15.1 Å². The Morgan fingerprint density at radius 2 is 1.00 bits per heavy atom. The van der Waals surface area contributed by atoms with Crippen molar-refractivity contribution in [2.45, 2.75) is 227 Å². The molecule has 0 radical (unpaired) electrons. The Labute approximate surface area is 406 Å². The van der Waals surface area contributed by atoms with E-state index in [0.717, 1.165) is 109 Å². The molecule has 1 rings (SSSR count). The molecule has 0 aromatic carbocycles. The average molecular weight is 959 g/mol. The van der Waals surface area contributed by atoms with Crippen LogP contribution >= 0.6 is 21.6 Å². The SMILES string of the molecule is CCCCCCCCC(CCCCCC)C(=O)OCCN(CCOC(=O)C(CCCCCC)CCCCCCCC)C(=O)OCCSSCCOC(=O)NCCCN1CCCCC1CC. The fourth-order valence-electron chi connectivity index (χ4n) is 8.66. The van der Waals surface area contributed by atoms with Gasteiger partial charge in [0, 0.05) is 30.6 Å². The molecule has 1 fully saturated rings. The molecule has 382 valence electrons. The van der Waals surface area contributed by atoms with Crippen molar-refractivity contribution in [2.75, 3.05) is 70.7 Å². The van der Waals surface area contributed by atoms with Gasteiger partial charge in [0.25, 0.3) is 0 Å². The first-order chi connectivity index (χ1) is 31.8. The van der Waals surface area contributed by atoms with Crippen LogP contribution in [0.4, 0.5) is 9.59 Å². The molecule has 1 aliphatic heterocycles. The van der Waals surface area contributed by atoms with E-state index in [2.05, 4.69) is 44.8 Å². The summed E-state index contributed by atoms with van der Waals surface area (Å²) in [6.45, 7) is 14.8. The molecule has 1 N–H and O–H groups in total. The minimum atomic E-state index is -0.514. The van der Waals surface area contributed by atoms with Crippen LogP contribution in [0, 0.1) is 11.8 Å². The van der Waals surface area contributed by atoms with Crippen LogP contribution in [-0.2, 0) is 28.5 Å². The topological polar surface area (TPSA) is 124 Å². The van der Waals surface area contributed by atoms with E-state index >= 15 is 0 Å². The van der Waals surface area contributed by atoms with Crippen molar-refractivity contribution >= 4 is 45.7 Å². The monoisotopic (exact) mass is 958 g/mol. The summed E-state index contributed by atoms with van der Waals surface area (Å²) < 4.78 is 22.8. The predicted molar refractivity (Wildman–Crippen MR) is 274 cm³/mol. The van der Waals surface area contributed by atoms with Gasteiger partial charge in [-0.05, 0) is 57.9 Å². The first kappa shape index (κ1) is 61.2. The fraction of sp³-hybridized carbons (Fsp3) is 0.923. The second kappa shape index (κ2) is 44.6. The Hall–Kier alpha value is -1.86. The number of alkyl carbamates (subject to hydrolysis) is 1. The van der Waals surface area contributed by atoms with E-state index in [0.29, 0.717) is 30.7 Å². The summed E-state index contributed by atoms with van der Waals surface area (Å²) in [5.74, 6) is 0.575. The molecule has 1 aliphatic rings. The third-order valence-electron chi connectivity index (χ3n) is 12.7. The molecule has 11 nitrogen and oxygen atoms in total. The van der Waals surface area contributed by atoms with E-state index in [1.165, 1.54) is 94.8 Å². The number of esters is 2. The van der Waals surface area contributed by atoms with Crippen LogP contribution in [0.2, 0.25) is 0 Å². The summed E-state index contributed by atoms with van der Waals surface area (Å²) in [7, 11) is 3.12. The van der Waals surface area contributed by atoms with Crippen LogP contribution in [0.1, 0.15) is 221 Å². The molecule has 3 atom stereocenters. The smallest absolute Gasteiger partial charge is 0.410 e. The first-order valence-corrected chi connectivity index (χ1v) is 29.4. The van der Waals surface area contributed by atoms with Gasteiger partial charge < -0.3 is 34.1 Å². The summed E-state index contributed by atoms with van der Waals surface area (Å²) in [4.78, 5) is 56.5. The Bertz CT molecular complexity index is 1100. The zero-order valence-electron chi connectivity index (χ0n) is 42.5. The number of hydrogen-bond donors (Lipinski definition) is 1.